The fourth-order valence-corrected chi connectivity index (χ4v) is 2.00. The summed E-state index contributed by atoms with van der Waals surface area (Å²) >= 11 is 1.73. The minimum atomic E-state index is 0.695. The van der Waals surface area contributed by atoms with Gasteiger partial charge in [0, 0.05) is 18.0 Å². The molecule has 3 nitrogen and oxygen atoms in total. The first-order valence-corrected chi connectivity index (χ1v) is 4.85. The summed E-state index contributed by atoms with van der Waals surface area (Å²) in [4.78, 5) is 2.46. The van der Waals surface area contributed by atoms with Crippen molar-refractivity contribution in [1.82, 2.24) is 9.78 Å². The molecule has 0 amide bonds. The van der Waals surface area contributed by atoms with Gasteiger partial charge in [0.2, 0.25) is 0 Å². The first kappa shape index (κ1) is 8.31. The third kappa shape index (κ3) is 1.45. The summed E-state index contributed by atoms with van der Waals surface area (Å²) in [6, 6.07) is 6.05. The van der Waals surface area contributed by atoms with Crippen molar-refractivity contribution in [2.45, 2.75) is 6.92 Å². The maximum atomic E-state index is 5.69. The van der Waals surface area contributed by atoms with E-state index in [1.165, 1.54) is 9.75 Å². The molecule has 0 atom stereocenters. The van der Waals surface area contributed by atoms with E-state index < -0.39 is 0 Å². The van der Waals surface area contributed by atoms with Crippen LogP contribution >= 0.6 is 11.3 Å². The minimum absolute atomic E-state index is 0.695. The number of anilines is 1. The van der Waals surface area contributed by atoms with Crippen LogP contribution in [-0.4, -0.2) is 9.78 Å². The van der Waals surface area contributed by atoms with E-state index in [4.69, 9.17) is 5.73 Å². The maximum Gasteiger partial charge on any atom is 0.121 e. The van der Waals surface area contributed by atoms with E-state index in [2.05, 4.69) is 24.2 Å². The van der Waals surface area contributed by atoms with Gasteiger partial charge >= 0.3 is 0 Å². The lowest BCUT2D eigenvalue weighted by atomic mass is 10.3. The second-order valence-corrected chi connectivity index (χ2v) is 4.28. The molecule has 0 radical (unpaired) electrons. The smallest absolute Gasteiger partial charge is 0.121 e. The van der Waals surface area contributed by atoms with Gasteiger partial charge in [-0.15, -0.1) is 11.3 Å². The van der Waals surface area contributed by atoms with Crippen LogP contribution in [0.15, 0.2) is 18.2 Å². The van der Waals surface area contributed by atoms with Crippen LogP contribution in [0.4, 0.5) is 5.82 Å². The van der Waals surface area contributed by atoms with Crippen molar-refractivity contribution in [2.75, 3.05) is 5.73 Å². The molecule has 0 fully saturated rings. The lowest BCUT2D eigenvalue weighted by Gasteiger charge is -1.89. The van der Waals surface area contributed by atoms with Crippen molar-refractivity contribution in [3.05, 3.63) is 23.1 Å². The topological polar surface area (TPSA) is 43.8 Å². The van der Waals surface area contributed by atoms with E-state index in [0.29, 0.717) is 5.82 Å². The van der Waals surface area contributed by atoms with E-state index in [0.717, 1.165) is 5.69 Å². The number of nitrogen functional groups attached to an aromatic ring is 1. The summed E-state index contributed by atoms with van der Waals surface area (Å²) in [5.74, 6) is 0.695. The summed E-state index contributed by atoms with van der Waals surface area (Å²) < 4.78 is 1.68. The second-order valence-electron chi connectivity index (χ2n) is 2.99. The zero-order valence-electron chi connectivity index (χ0n) is 7.61. The third-order valence-corrected chi connectivity index (χ3v) is 2.93. The highest BCUT2D eigenvalue weighted by atomic mass is 32.1. The summed E-state index contributed by atoms with van der Waals surface area (Å²) in [7, 11) is 1.85. The van der Waals surface area contributed by atoms with Crippen LogP contribution in [0.25, 0.3) is 10.6 Å². The van der Waals surface area contributed by atoms with Gasteiger partial charge in [-0.3, -0.25) is 4.68 Å². The predicted octanol–water partition coefficient (Wildman–Crippen LogP) is 2.04. The second kappa shape index (κ2) is 2.88. The van der Waals surface area contributed by atoms with Crippen LogP contribution in [0.1, 0.15) is 4.88 Å². The minimum Gasteiger partial charge on any atom is -0.384 e. The molecule has 13 heavy (non-hydrogen) atoms. The lowest BCUT2D eigenvalue weighted by molar-refractivity contribution is 0.783. The molecule has 0 aliphatic heterocycles. The number of hydrogen-bond acceptors (Lipinski definition) is 3. The molecule has 0 saturated carbocycles. The highest BCUT2D eigenvalue weighted by Crippen LogP contribution is 2.27. The van der Waals surface area contributed by atoms with E-state index in [1.54, 1.807) is 16.0 Å². The normalized spacial score (nSPS) is 10.6. The number of nitrogens with zero attached hydrogens (tertiary/aromatic N) is 2. The van der Waals surface area contributed by atoms with E-state index in [-0.39, 0.29) is 0 Å². The largest absolute Gasteiger partial charge is 0.384 e. The monoisotopic (exact) mass is 193 g/mol. The Morgan fingerprint density at radius 3 is 2.69 bits per heavy atom. The Kier molecular flexibility index (Phi) is 1.84. The van der Waals surface area contributed by atoms with Crippen LogP contribution in [0, 0.1) is 6.92 Å². The van der Waals surface area contributed by atoms with Crippen LogP contribution < -0.4 is 5.73 Å². The van der Waals surface area contributed by atoms with Crippen molar-refractivity contribution in [3.63, 3.8) is 0 Å². The Labute approximate surface area is 80.8 Å². The van der Waals surface area contributed by atoms with Gasteiger partial charge in [-0.25, -0.2) is 0 Å². The molecule has 2 rings (SSSR count). The van der Waals surface area contributed by atoms with Crippen molar-refractivity contribution in [3.8, 4) is 10.6 Å². The molecule has 2 aromatic heterocycles. The fraction of sp³-hybridized carbons (Fsp3) is 0.222. The summed E-state index contributed by atoms with van der Waals surface area (Å²) in [5.41, 5.74) is 6.65. The molecule has 0 unspecified atom stereocenters. The quantitative estimate of drug-likeness (QED) is 0.753. The molecule has 0 aliphatic carbocycles. The molecule has 4 heteroatoms. The van der Waals surface area contributed by atoms with Crippen LogP contribution in [0.2, 0.25) is 0 Å². The van der Waals surface area contributed by atoms with Crippen molar-refractivity contribution in [1.29, 1.82) is 0 Å². The average Bonchev–Trinajstić information content (AvgIpc) is 2.61. The molecular weight excluding hydrogens is 182 g/mol. The van der Waals surface area contributed by atoms with Gasteiger partial charge in [-0.05, 0) is 19.1 Å². The average molecular weight is 193 g/mol. The molecule has 2 aromatic rings. The first-order chi connectivity index (χ1) is 6.16. The van der Waals surface area contributed by atoms with Crippen LogP contribution in [0.3, 0.4) is 0 Å². The molecule has 0 bridgehead atoms. The molecule has 68 valence electrons. The molecule has 2 heterocycles. The Morgan fingerprint density at radius 2 is 2.23 bits per heavy atom. The molecular formula is C9H11N3S. The molecule has 2 N–H and O–H groups in total. The number of aryl methyl sites for hydroxylation is 2. The Bertz CT molecular complexity index is 408. The highest BCUT2D eigenvalue weighted by Gasteiger charge is 2.05. The number of hydrogen-bond donors (Lipinski definition) is 1. The Morgan fingerprint density at radius 1 is 1.46 bits per heavy atom. The van der Waals surface area contributed by atoms with Crippen LogP contribution in [0.5, 0.6) is 0 Å². The summed E-state index contributed by atoms with van der Waals surface area (Å²) in [6.07, 6.45) is 0. The Balaban J connectivity index is 2.46. The van der Waals surface area contributed by atoms with E-state index >= 15 is 0 Å². The number of rotatable bonds is 1. The zero-order valence-corrected chi connectivity index (χ0v) is 8.43. The molecule has 0 saturated heterocycles. The van der Waals surface area contributed by atoms with Crippen molar-refractivity contribution >= 4 is 17.2 Å². The fourth-order valence-electron chi connectivity index (χ4n) is 1.17. The van der Waals surface area contributed by atoms with Gasteiger partial charge < -0.3 is 5.73 Å². The molecule has 0 aliphatic rings. The van der Waals surface area contributed by atoms with Gasteiger partial charge in [0.15, 0.2) is 0 Å². The SMILES string of the molecule is Cc1ccc(-c2cc(N)n(C)n2)s1. The van der Waals surface area contributed by atoms with Gasteiger partial charge in [0.05, 0.1) is 4.88 Å². The van der Waals surface area contributed by atoms with Crippen LogP contribution in [-0.2, 0) is 7.05 Å². The maximum absolute atomic E-state index is 5.69. The number of aromatic nitrogens is 2. The van der Waals surface area contributed by atoms with Crippen molar-refractivity contribution in [2.24, 2.45) is 7.05 Å². The van der Waals surface area contributed by atoms with Gasteiger partial charge in [0.25, 0.3) is 0 Å². The lowest BCUT2D eigenvalue weighted by Crippen LogP contribution is -1.96. The van der Waals surface area contributed by atoms with E-state index in [9.17, 15) is 0 Å². The van der Waals surface area contributed by atoms with Gasteiger partial charge in [-0.1, -0.05) is 0 Å². The van der Waals surface area contributed by atoms with Gasteiger partial charge in [-0.2, -0.15) is 5.10 Å². The predicted molar refractivity (Wildman–Crippen MR) is 55.7 cm³/mol. The van der Waals surface area contributed by atoms with Gasteiger partial charge in [0.1, 0.15) is 11.5 Å². The number of nitrogens with two attached hydrogens (primary N) is 1. The summed E-state index contributed by atoms with van der Waals surface area (Å²) in [5, 5.41) is 4.30. The zero-order chi connectivity index (χ0) is 9.42. The molecule has 0 aromatic carbocycles. The standard InChI is InChI=1S/C9H11N3S/c1-6-3-4-8(13-6)7-5-9(10)12(2)11-7/h3-5H,10H2,1-2H3. The number of thiophene rings is 1. The highest BCUT2D eigenvalue weighted by molar-refractivity contribution is 7.15. The Hall–Kier alpha value is -1.29. The van der Waals surface area contributed by atoms with E-state index in [1.807, 2.05) is 13.1 Å². The first-order valence-electron chi connectivity index (χ1n) is 4.03. The third-order valence-electron chi connectivity index (χ3n) is 1.91. The van der Waals surface area contributed by atoms with Crippen molar-refractivity contribution < 1.29 is 0 Å². The molecule has 0 spiro atoms. The summed E-state index contributed by atoms with van der Waals surface area (Å²) in [6.45, 7) is 2.08.